The van der Waals surface area contributed by atoms with Gasteiger partial charge in [0.2, 0.25) is 6.29 Å². The van der Waals surface area contributed by atoms with Gasteiger partial charge in [0.15, 0.2) is 0 Å². The first-order valence-electron chi connectivity index (χ1n) is 1.42. The molecule has 0 saturated heterocycles. The molecule has 5 heteroatoms. The zero-order valence-corrected chi connectivity index (χ0v) is 3.24. The number of nitrogens with zero attached hydrogens (tertiary/aromatic N) is 1. The summed E-state index contributed by atoms with van der Waals surface area (Å²) in [7, 11) is 0. The number of carbonyl (C=O) groups is 1. The van der Waals surface area contributed by atoms with E-state index in [-0.39, 0.29) is 0 Å². The third kappa shape index (κ3) is 1.96. The number of aliphatic hydroxyl groups is 2. The molecule has 0 aliphatic heterocycles. The molecule has 0 fully saturated rings. The van der Waals surface area contributed by atoms with Crippen molar-refractivity contribution in [3.63, 3.8) is 0 Å². The van der Waals surface area contributed by atoms with Crippen LogP contribution >= 0.6 is 0 Å². The molecule has 0 saturated carbocycles. The summed E-state index contributed by atoms with van der Waals surface area (Å²) in [6.45, 7) is 0. The van der Waals surface area contributed by atoms with Crippen LogP contribution in [0.15, 0.2) is 5.18 Å². The second-order valence-electron chi connectivity index (χ2n) is 0.803. The van der Waals surface area contributed by atoms with E-state index in [1.54, 1.807) is 5.18 Å². The van der Waals surface area contributed by atoms with Gasteiger partial charge in [-0.2, -0.15) is 0 Å². The molecule has 0 aliphatic carbocycles. The number of aliphatic hydroxyl groups excluding tert-OH is 1. The minimum Gasteiger partial charge on any atom is -0.360 e. The Hall–Kier alpha value is -0.810. The first-order chi connectivity index (χ1) is 3.18. The average Bonchev–Trinajstić information content (AvgIpc) is 1.65. The fraction of sp³-hybridized carbons (Fsp3) is 0.500. The molecular weight excluding hydrogens is 102 g/mol. The number of carbonyl (C=O) groups excluding carboxylic acids is 1. The first-order valence-corrected chi connectivity index (χ1v) is 1.42. The van der Waals surface area contributed by atoms with Crippen LogP contribution in [0.25, 0.3) is 0 Å². The van der Waals surface area contributed by atoms with Crippen molar-refractivity contribution in [2.45, 2.75) is 6.29 Å². The van der Waals surface area contributed by atoms with E-state index < -0.39 is 12.2 Å². The van der Waals surface area contributed by atoms with Crippen LogP contribution in [-0.4, -0.2) is 22.4 Å². The summed E-state index contributed by atoms with van der Waals surface area (Å²) in [6.07, 6.45) is -2.25. The number of hydrogen-bond donors (Lipinski definition) is 2. The van der Waals surface area contributed by atoms with Gasteiger partial charge in [-0.25, -0.2) is 0 Å². The maximum absolute atomic E-state index is 9.53. The Morgan fingerprint density at radius 2 is 2.00 bits per heavy atom. The lowest BCUT2D eigenvalue weighted by atomic mass is 10.6. The molecule has 0 aliphatic rings. The van der Waals surface area contributed by atoms with Gasteiger partial charge in [-0.3, -0.25) is 4.79 Å². The molecule has 0 bridgehead atoms. The maximum atomic E-state index is 9.53. The van der Waals surface area contributed by atoms with Gasteiger partial charge in [0.05, 0.1) is 0 Å². The molecule has 2 N–H and O–H groups in total. The van der Waals surface area contributed by atoms with Crippen LogP contribution in [-0.2, 0) is 4.79 Å². The third-order valence-electron chi connectivity index (χ3n) is 0.311. The molecule has 0 radical (unpaired) electrons. The lowest BCUT2D eigenvalue weighted by Gasteiger charge is -1.87. The van der Waals surface area contributed by atoms with Crippen molar-refractivity contribution in [2.75, 3.05) is 0 Å². The summed E-state index contributed by atoms with van der Waals surface area (Å²) >= 11 is 0. The fourth-order valence-corrected chi connectivity index (χ4v) is 0.0471. The van der Waals surface area contributed by atoms with E-state index in [0.29, 0.717) is 0 Å². The SMILES string of the molecule is O=NC(=O)C(O)O. The molecule has 7 heavy (non-hydrogen) atoms. The Morgan fingerprint density at radius 1 is 1.57 bits per heavy atom. The summed E-state index contributed by atoms with van der Waals surface area (Å²) in [4.78, 5) is 18.6. The Labute approximate surface area is 38.5 Å². The van der Waals surface area contributed by atoms with Crippen LogP contribution in [0.2, 0.25) is 0 Å². The molecule has 0 aromatic rings. The lowest BCUT2D eigenvalue weighted by molar-refractivity contribution is -0.143. The maximum Gasteiger partial charge on any atom is 0.341 e. The van der Waals surface area contributed by atoms with Crippen molar-refractivity contribution >= 4 is 5.91 Å². The predicted octanol–water partition coefficient (Wildman–Crippen LogP) is -1.41. The Bertz CT molecular complexity index is 87.7. The third-order valence-corrected chi connectivity index (χ3v) is 0.311. The highest BCUT2D eigenvalue weighted by Gasteiger charge is 2.08. The van der Waals surface area contributed by atoms with E-state index in [4.69, 9.17) is 15.1 Å². The van der Waals surface area contributed by atoms with Crippen molar-refractivity contribution in [1.29, 1.82) is 0 Å². The van der Waals surface area contributed by atoms with Crippen molar-refractivity contribution < 1.29 is 15.0 Å². The van der Waals surface area contributed by atoms with Gasteiger partial charge < -0.3 is 10.2 Å². The number of rotatable bonds is 1. The monoisotopic (exact) mass is 105 g/mol. The van der Waals surface area contributed by atoms with Gasteiger partial charge >= 0.3 is 5.91 Å². The lowest BCUT2D eigenvalue weighted by Crippen LogP contribution is -2.15. The number of nitroso groups, excluding NO2 is 1. The smallest absolute Gasteiger partial charge is 0.341 e. The molecule has 0 spiro atoms. The van der Waals surface area contributed by atoms with Gasteiger partial charge in [0.25, 0.3) is 0 Å². The Morgan fingerprint density at radius 3 is 2.00 bits per heavy atom. The summed E-state index contributed by atoms with van der Waals surface area (Å²) in [5, 5.41) is 17.2. The van der Waals surface area contributed by atoms with Gasteiger partial charge in [-0.15, -0.1) is 4.91 Å². The highest BCUT2D eigenvalue weighted by atomic mass is 16.5. The minimum absolute atomic E-state index is 1.47. The van der Waals surface area contributed by atoms with Gasteiger partial charge in [0.1, 0.15) is 0 Å². The van der Waals surface area contributed by atoms with E-state index in [2.05, 4.69) is 0 Å². The van der Waals surface area contributed by atoms with Crippen LogP contribution in [0.5, 0.6) is 0 Å². The van der Waals surface area contributed by atoms with E-state index in [9.17, 15) is 4.79 Å². The molecule has 0 heterocycles. The number of amides is 1. The largest absolute Gasteiger partial charge is 0.360 e. The molecule has 0 unspecified atom stereocenters. The topological polar surface area (TPSA) is 87.0 Å². The number of hydrogen-bond acceptors (Lipinski definition) is 4. The van der Waals surface area contributed by atoms with E-state index >= 15 is 0 Å². The van der Waals surface area contributed by atoms with E-state index in [1.165, 1.54) is 0 Å². The molecule has 0 rings (SSSR count). The highest BCUT2D eigenvalue weighted by molar-refractivity contribution is 5.79. The van der Waals surface area contributed by atoms with Crippen molar-refractivity contribution in [2.24, 2.45) is 5.18 Å². The molecule has 0 atom stereocenters. The molecular formula is C2H3NO4. The zero-order chi connectivity index (χ0) is 5.86. The molecule has 0 aromatic carbocycles. The summed E-state index contributed by atoms with van der Waals surface area (Å²) in [5.41, 5.74) is 0. The second kappa shape index (κ2) is 2.38. The highest BCUT2D eigenvalue weighted by Crippen LogP contribution is 1.77. The normalized spacial score (nSPS) is 9.00. The Kier molecular flexibility index (Phi) is 2.10. The molecule has 5 nitrogen and oxygen atoms in total. The summed E-state index contributed by atoms with van der Waals surface area (Å²) < 4.78 is 0. The first kappa shape index (κ1) is 6.19. The minimum atomic E-state index is -2.25. The van der Waals surface area contributed by atoms with Crippen LogP contribution in [0.4, 0.5) is 0 Å². The van der Waals surface area contributed by atoms with Gasteiger partial charge in [0, 0.05) is 5.18 Å². The Balaban J connectivity index is 3.56. The van der Waals surface area contributed by atoms with Gasteiger partial charge in [-0.1, -0.05) is 0 Å². The fourth-order valence-electron chi connectivity index (χ4n) is 0.0471. The van der Waals surface area contributed by atoms with Crippen molar-refractivity contribution in [3.05, 3.63) is 4.91 Å². The summed E-state index contributed by atoms with van der Waals surface area (Å²) in [5.74, 6) is -1.47. The van der Waals surface area contributed by atoms with Crippen LogP contribution in [0.3, 0.4) is 0 Å². The standard InChI is InChI=1S/C2H3NO4/c4-1(3-7)2(5)6/h2,5-6H. The van der Waals surface area contributed by atoms with Crippen molar-refractivity contribution in [3.8, 4) is 0 Å². The molecule has 1 amide bonds. The van der Waals surface area contributed by atoms with Gasteiger partial charge in [-0.05, 0) is 0 Å². The summed E-state index contributed by atoms with van der Waals surface area (Å²) in [6, 6.07) is 0. The van der Waals surface area contributed by atoms with E-state index in [1.807, 2.05) is 0 Å². The predicted molar refractivity (Wildman–Crippen MR) is 19.0 cm³/mol. The average molecular weight is 105 g/mol. The van der Waals surface area contributed by atoms with Crippen LogP contribution in [0.1, 0.15) is 0 Å². The van der Waals surface area contributed by atoms with Crippen molar-refractivity contribution in [1.82, 2.24) is 0 Å². The van der Waals surface area contributed by atoms with Crippen LogP contribution < -0.4 is 0 Å². The quantitative estimate of drug-likeness (QED) is 0.317. The van der Waals surface area contributed by atoms with Crippen LogP contribution in [0, 0.1) is 4.91 Å². The van der Waals surface area contributed by atoms with E-state index in [0.717, 1.165) is 0 Å². The molecule has 0 aromatic heterocycles. The molecule has 40 valence electrons. The zero-order valence-electron chi connectivity index (χ0n) is 3.24. The second-order valence-corrected chi connectivity index (χ2v) is 0.803.